The number of para-hydroxylation sites is 1. The summed E-state index contributed by atoms with van der Waals surface area (Å²) in [6, 6.07) is 6.32. The number of ether oxygens (including phenoxy) is 1. The van der Waals surface area contributed by atoms with Crippen molar-refractivity contribution < 1.29 is 13.9 Å². The molecule has 0 saturated carbocycles. The van der Waals surface area contributed by atoms with Gasteiger partial charge in [0.05, 0.1) is 12.8 Å². The van der Waals surface area contributed by atoms with Crippen molar-refractivity contribution in [3.8, 4) is 0 Å². The van der Waals surface area contributed by atoms with Gasteiger partial charge in [0, 0.05) is 13.6 Å². The monoisotopic (exact) mass is 240 g/mol. The summed E-state index contributed by atoms with van der Waals surface area (Å²) >= 11 is 0. The number of carbonyl (C=O) groups is 1. The van der Waals surface area contributed by atoms with Crippen molar-refractivity contribution in [3.63, 3.8) is 0 Å². The molecule has 1 aromatic rings. The number of hydrogen-bond donors (Lipinski definition) is 1. The summed E-state index contributed by atoms with van der Waals surface area (Å²) < 4.78 is 18.1. The highest BCUT2D eigenvalue weighted by Gasteiger charge is 2.31. The molecule has 5 heteroatoms. The Kier molecular flexibility index (Phi) is 4.07. The third-order valence-corrected chi connectivity index (χ3v) is 2.48. The van der Waals surface area contributed by atoms with Crippen LogP contribution in [-0.4, -0.2) is 32.2 Å². The first kappa shape index (κ1) is 13.4. The third-order valence-electron chi connectivity index (χ3n) is 2.48. The second-order valence-electron chi connectivity index (χ2n) is 4.22. The van der Waals surface area contributed by atoms with Gasteiger partial charge in [-0.3, -0.25) is 4.79 Å². The smallest absolute Gasteiger partial charge is 0.327 e. The molecule has 0 aromatic heterocycles. The second-order valence-corrected chi connectivity index (χ2v) is 4.22. The van der Waals surface area contributed by atoms with Gasteiger partial charge in [0.15, 0.2) is 0 Å². The average molecular weight is 240 g/mol. The number of hydrogen-bond acceptors (Lipinski definition) is 4. The Bertz CT molecular complexity index is 407. The molecule has 17 heavy (non-hydrogen) atoms. The summed E-state index contributed by atoms with van der Waals surface area (Å²) in [5.74, 6) is -0.878. The van der Waals surface area contributed by atoms with Crippen LogP contribution in [-0.2, 0) is 9.53 Å². The van der Waals surface area contributed by atoms with E-state index in [0.717, 1.165) is 0 Å². The standard InChI is InChI=1S/C12H17FN2O2/c1-12(14,11(16)17-3)8-15(2)10-7-5-4-6-9(10)13/h4-7H,8,14H2,1-3H3. The maximum Gasteiger partial charge on any atom is 0.327 e. The number of esters is 1. The first-order valence-electron chi connectivity index (χ1n) is 5.21. The lowest BCUT2D eigenvalue weighted by Gasteiger charge is -2.29. The first-order chi connectivity index (χ1) is 7.88. The Labute approximate surface area is 100 Å². The molecule has 2 N–H and O–H groups in total. The zero-order chi connectivity index (χ0) is 13.1. The van der Waals surface area contributed by atoms with Gasteiger partial charge in [-0.15, -0.1) is 0 Å². The van der Waals surface area contributed by atoms with Crippen LogP contribution < -0.4 is 10.6 Å². The summed E-state index contributed by atoms with van der Waals surface area (Å²) in [6.07, 6.45) is 0. The highest BCUT2D eigenvalue weighted by Crippen LogP contribution is 2.18. The minimum atomic E-state index is -1.17. The predicted molar refractivity (Wildman–Crippen MR) is 64.3 cm³/mol. The fourth-order valence-corrected chi connectivity index (χ4v) is 1.64. The topological polar surface area (TPSA) is 55.6 Å². The molecule has 0 bridgehead atoms. The number of rotatable bonds is 4. The van der Waals surface area contributed by atoms with Gasteiger partial charge in [0.25, 0.3) is 0 Å². The number of methoxy groups -OCH3 is 1. The molecule has 0 saturated heterocycles. The maximum absolute atomic E-state index is 13.5. The van der Waals surface area contributed by atoms with E-state index < -0.39 is 11.5 Å². The van der Waals surface area contributed by atoms with Crippen LogP contribution >= 0.6 is 0 Å². The van der Waals surface area contributed by atoms with Gasteiger partial charge in [-0.1, -0.05) is 12.1 Å². The van der Waals surface area contributed by atoms with Gasteiger partial charge in [-0.2, -0.15) is 0 Å². The summed E-state index contributed by atoms with van der Waals surface area (Å²) in [6.45, 7) is 1.72. The van der Waals surface area contributed by atoms with Gasteiger partial charge in [0.2, 0.25) is 0 Å². The molecule has 1 aromatic carbocycles. The number of halogens is 1. The fraction of sp³-hybridized carbons (Fsp3) is 0.417. The van der Waals surface area contributed by atoms with Gasteiger partial charge in [-0.25, -0.2) is 4.39 Å². The predicted octanol–water partition coefficient (Wildman–Crippen LogP) is 1.15. The lowest BCUT2D eigenvalue weighted by Crippen LogP contribution is -2.53. The molecule has 0 aliphatic carbocycles. The van der Waals surface area contributed by atoms with Crippen LogP contribution in [0.5, 0.6) is 0 Å². The van der Waals surface area contributed by atoms with Crippen LogP contribution in [0.2, 0.25) is 0 Å². The molecule has 0 fully saturated rings. The molecule has 0 spiro atoms. The first-order valence-corrected chi connectivity index (χ1v) is 5.21. The molecule has 0 amide bonds. The Morgan fingerprint density at radius 2 is 2.12 bits per heavy atom. The van der Waals surface area contributed by atoms with Crippen LogP contribution in [0, 0.1) is 5.82 Å². The fourth-order valence-electron chi connectivity index (χ4n) is 1.64. The summed E-state index contributed by atoms with van der Waals surface area (Å²) in [4.78, 5) is 13.0. The van der Waals surface area contributed by atoms with Gasteiger partial charge in [-0.05, 0) is 19.1 Å². The van der Waals surface area contributed by atoms with E-state index in [1.165, 1.54) is 13.2 Å². The van der Waals surface area contributed by atoms with Crippen LogP contribution in [0.15, 0.2) is 24.3 Å². The summed E-state index contributed by atoms with van der Waals surface area (Å²) in [5.41, 5.74) is 5.04. The second kappa shape index (κ2) is 5.14. The average Bonchev–Trinajstić information content (AvgIpc) is 2.27. The minimum absolute atomic E-state index is 0.167. The molecule has 0 aliphatic rings. The zero-order valence-corrected chi connectivity index (χ0v) is 10.2. The number of likely N-dealkylation sites (N-methyl/N-ethyl adjacent to an activating group) is 1. The van der Waals surface area contributed by atoms with E-state index in [-0.39, 0.29) is 12.4 Å². The lowest BCUT2D eigenvalue weighted by atomic mass is 10.0. The SMILES string of the molecule is COC(=O)C(C)(N)CN(C)c1ccccc1F. The Morgan fingerprint density at radius 3 is 2.65 bits per heavy atom. The third kappa shape index (κ3) is 3.17. The van der Waals surface area contributed by atoms with Crippen LogP contribution in [0.25, 0.3) is 0 Å². The molecule has 4 nitrogen and oxygen atoms in total. The van der Waals surface area contributed by atoms with Crippen LogP contribution in [0.1, 0.15) is 6.92 Å². The van der Waals surface area contributed by atoms with E-state index in [4.69, 9.17) is 5.73 Å². The van der Waals surface area contributed by atoms with Gasteiger partial charge >= 0.3 is 5.97 Å². The number of carbonyl (C=O) groups excluding carboxylic acids is 1. The Hall–Kier alpha value is -1.62. The molecule has 0 heterocycles. The molecule has 0 radical (unpaired) electrons. The van der Waals surface area contributed by atoms with Crippen molar-refractivity contribution in [2.75, 3.05) is 25.6 Å². The van der Waals surface area contributed by atoms with Crippen LogP contribution in [0.3, 0.4) is 0 Å². The Morgan fingerprint density at radius 1 is 1.53 bits per heavy atom. The van der Waals surface area contributed by atoms with Crippen LogP contribution in [0.4, 0.5) is 10.1 Å². The van der Waals surface area contributed by atoms with Crippen molar-refractivity contribution in [2.45, 2.75) is 12.5 Å². The van der Waals surface area contributed by atoms with E-state index in [0.29, 0.717) is 5.69 Å². The molecular formula is C12H17FN2O2. The summed E-state index contributed by atoms with van der Waals surface area (Å²) in [7, 11) is 2.95. The minimum Gasteiger partial charge on any atom is -0.468 e. The van der Waals surface area contributed by atoms with Gasteiger partial charge < -0.3 is 15.4 Å². The van der Waals surface area contributed by atoms with Crippen molar-refractivity contribution in [1.29, 1.82) is 0 Å². The number of benzene rings is 1. The Balaban J connectivity index is 2.83. The molecule has 1 atom stereocenters. The largest absolute Gasteiger partial charge is 0.468 e. The number of anilines is 1. The van der Waals surface area contributed by atoms with Crippen molar-refractivity contribution >= 4 is 11.7 Å². The van der Waals surface area contributed by atoms with E-state index in [9.17, 15) is 9.18 Å². The molecular weight excluding hydrogens is 223 g/mol. The normalized spacial score (nSPS) is 13.9. The van der Waals surface area contributed by atoms with E-state index in [1.807, 2.05) is 0 Å². The van der Waals surface area contributed by atoms with Gasteiger partial charge in [0.1, 0.15) is 11.4 Å². The van der Waals surface area contributed by atoms with Crippen molar-refractivity contribution in [3.05, 3.63) is 30.1 Å². The molecule has 1 unspecified atom stereocenters. The van der Waals surface area contributed by atoms with E-state index >= 15 is 0 Å². The zero-order valence-electron chi connectivity index (χ0n) is 10.2. The number of nitrogens with zero attached hydrogens (tertiary/aromatic N) is 1. The lowest BCUT2D eigenvalue weighted by molar-refractivity contribution is -0.145. The highest BCUT2D eigenvalue weighted by atomic mass is 19.1. The summed E-state index contributed by atoms with van der Waals surface area (Å²) in [5, 5.41) is 0. The van der Waals surface area contributed by atoms with E-state index in [2.05, 4.69) is 4.74 Å². The maximum atomic E-state index is 13.5. The molecule has 1 rings (SSSR count). The van der Waals surface area contributed by atoms with Crippen molar-refractivity contribution in [2.24, 2.45) is 5.73 Å². The van der Waals surface area contributed by atoms with E-state index in [1.54, 1.807) is 37.1 Å². The molecule has 94 valence electrons. The van der Waals surface area contributed by atoms with Crippen molar-refractivity contribution in [1.82, 2.24) is 0 Å². The number of nitrogens with two attached hydrogens (primary N) is 1. The quantitative estimate of drug-likeness (QED) is 0.802. The molecule has 0 aliphatic heterocycles. The highest BCUT2D eigenvalue weighted by molar-refractivity contribution is 5.80.